The average Bonchev–Trinajstić information content (AvgIpc) is 2.86. The second-order valence-electron chi connectivity index (χ2n) is 7.22. The van der Waals surface area contributed by atoms with Gasteiger partial charge >= 0.3 is 5.97 Å². The van der Waals surface area contributed by atoms with Gasteiger partial charge in [-0.25, -0.2) is 0 Å². The maximum absolute atomic E-state index is 12.3. The van der Waals surface area contributed by atoms with Crippen LogP contribution < -0.4 is 14.2 Å². The van der Waals surface area contributed by atoms with E-state index in [1.165, 1.54) is 5.57 Å². The van der Waals surface area contributed by atoms with Crippen LogP contribution in [0, 0.1) is 17.3 Å². The average molecular weight is 367 g/mol. The minimum Gasteiger partial charge on any atom is -0.488 e. The van der Waals surface area contributed by atoms with Crippen LogP contribution in [0.1, 0.15) is 27.7 Å². The molecule has 136 valence electrons. The summed E-state index contributed by atoms with van der Waals surface area (Å²) in [5.41, 5.74) is 1.17. The monoisotopic (exact) mass is 366 g/mol. The van der Waals surface area contributed by atoms with Gasteiger partial charge in [-0.2, -0.15) is 0 Å². The summed E-state index contributed by atoms with van der Waals surface area (Å²) < 4.78 is 21.5. The topological polar surface area (TPSA) is 54.0 Å². The van der Waals surface area contributed by atoms with E-state index in [4.69, 9.17) is 30.5 Å². The lowest BCUT2D eigenvalue weighted by Crippen LogP contribution is -2.15. The van der Waals surface area contributed by atoms with E-state index in [0.29, 0.717) is 22.3 Å². The number of halogens is 1. The van der Waals surface area contributed by atoms with Crippen molar-refractivity contribution < 1.29 is 23.7 Å². The Bertz CT molecular complexity index is 706. The van der Waals surface area contributed by atoms with Gasteiger partial charge in [0.25, 0.3) is 0 Å². The zero-order chi connectivity index (χ0) is 18.2. The van der Waals surface area contributed by atoms with Gasteiger partial charge < -0.3 is 18.9 Å². The molecule has 6 heteroatoms. The summed E-state index contributed by atoms with van der Waals surface area (Å²) in [5, 5.41) is 0.433. The Morgan fingerprint density at radius 2 is 1.96 bits per heavy atom. The largest absolute Gasteiger partial charge is 0.488 e. The van der Waals surface area contributed by atoms with Crippen molar-refractivity contribution in [2.45, 2.75) is 27.7 Å². The molecule has 0 saturated heterocycles. The molecule has 0 spiro atoms. The van der Waals surface area contributed by atoms with Crippen LogP contribution in [0.3, 0.4) is 0 Å². The van der Waals surface area contributed by atoms with Crippen LogP contribution in [0.25, 0.3) is 0 Å². The lowest BCUT2D eigenvalue weighted by atomic mass is 10.1. The van der Waals surface area contributed by atoms with Gasteiger partial charge in [-0.15, -0.1) is 0 Å². The van der Waals surface area contributed by atoms with Crippen molar-refractivity contribution in [2.75, 3.05) is 20.0 Å². The molecule has 0 amide bonds. The molecular weight excluding hydrogens is 344 g/mol. The third-order valence-corrected chi connectivity index (χ3v) is 4.99. The fourth-order valence-corrected chi connectivity index (χ4v) is 3.40. The van der Waals surface area contributed by atoms with E-state index in [1.54, 1.807) is 12.1 Å². The molecule has 1 saturated carbocycles. The molecule has 1 aromatic carbocycles. The molecule has 0 N–H and O–H groups in total. The third kappa shape index (κ3) is 3.71. The van der Waals surface area contributed by atoms with Crippen molar-refractivity contribution in [3.05, 3.63) is 28.8 Å². The van der Waals surface area contributed by atoms with E-state index < -0.39 is 0 Å². The number of rotatable bonds is 6. The standard InChI is InChI=1S/C19H23ClO5/c1-11(2)7-12-17(19(12,3)4)18(21)23-6-5-22-14-9-16-15(8-13(14)20)24-10-25-16/h7-9,12,17H,5-6,10H2,1-4H3/t12-,17-/m0/s1. The smallest absolute Gasteiger partial charge is 0.310 e. The van der Waals surface area contributed by atoms with Crippen molar-refractivity contribution >= 4 is 17.6 Å². The number of carbonyl (C=O) groups excluding carboxylic acids is 1. The van der Waals surface area contributed by atoms with Crippen molar-refractivity contribution in [1.82, 2.24) is 0 Å². The molecule has 2 atom stereocenters. The van der Waals surface area contributed by atoms with E-state index >= 15 is 0 Å². The van der Waals surface area contributed by atoms with Gasteiger partial charge in [0.2, 0.25) is 6.79 Å². The Morgan fingerprint density at radius 3 is 2.64 bits per heavy atom. The van der Waals surface area contributed by atoms with Gasteiger partial charge in [-0.05, 0) is 25.2 Å². The number of fused-ring (bicyclic) bond motifs is 1. The molecule has 5 nitrogen and oxygen atoms in total. The molecule has 1 aromatic rings. The third-order valence-electron chi connectivity index (χ3n) is 4.69. The molecule has 1 aliphatic heterocycles. The van der Waals surface area contributed by atoms with E-state index in [-0.39, 0.29) is 43.2 Å². The highest BCUT2D eigenvalue weighted by molar-refractivity contribution is 6.32. The first-order valence-corrected chi connectivity index (χ1v) is 8.72. The van der Waals surface area contributed by atoms with Crippen molar-refractivity contribution in [3.8, 4) is 17.2 Å². The van der Waals surface area contributed by atoms with Crippen molar-refractivity contribution in [3.63, 3.8) is 0 Å². The molecule has 0 aromatic heterocycles. The van der Waals surface area contributed by atoms with Crippen molar-refractivity contribution in [2.24, 2.45) is 17.3 Å². The van der Waals surface area contributed by atoms with E-state index in [2.05, 4.69) is 19.9 Å². The zero-order valence-corrected chi connectivity index (χ0v) is 15.7. The molecule has 25 heavy (non-hydrogen) atoms. The molecule has 0 unspecified atom stereocenters. The van der Waals surface area contributed by atoms with Gasteiger partial charge in [0.05, 0.1) is 10.9 Å². The maximum atomic E-state index is 12.3. The quantitative estimate of drug-likeness (QED) is 0.428. The summed E-state index contributed by atoms with van der Waals surface area (Å²) in [6, 6.07) is 3.34. The molecule has 0 radical (unpaired) electrons. The first kappa shape index (κ1) is 17.9. The van der Waals surface area contributed by atoms with Crippen LogP contribution in [0.4, 0.5) is 0 Å². The van der Waals surface area contributed by atoms with Gasteiger partial charge in [-0.3, -0.25) is 4.79 Å². The number of hydrogen-bond donors (Lipinski definition) is 0. The second-order valence-corrected chi connectivity index (χ2v) is 7.63. The van der Waals surface area contributed by atoms with Gasteiger partial charge in [0, 0.05) is 12.1 Å². The van der Waals surface area contributed by atoms with E-state index in [0.717, 1.165) is 0 Å². The fraction of sp³-hybridized carbons (Fsp3) is 0.526. The predicted octanol–water partition coefficient (Wildman–Crippen LogP) is 4.23. The maximum Gasteiger partial charge on any atom is 0.310 e. The molecular formula is C19H23ClO5. The van der Waals surface area contributed by atoms with Crippen LogP contribution >= 0.6 is 11.6 Å². The molecule has 3 rings (SSSR count). The number of carbonyl (C=O) groups is 1. The lowest BCUT2D eigenvalue weighted by Gasteiger charge is -2.10. The van der Waals surface area contributed by atoms with Crippen LogP contribution in [0.5, 0.6) is 17.2 Å². The molecule has 1 aliphatic carbocycles. The predicted molar refractivity (Wildman–Crippen MR) is 94.2 cm³/mol. The summed E-state index contributed by atoms with van der Waals surface area (Å²) in [6.07, 6.45) is 2.15. The summed E-state index contributed by atoms with van der Waals surface area (Å²) >= 11 is 6.14. The summed E-state index contributed by atoms with van der Waals surface area (Å²) in [6.45, 7) is 8.84. The summed E-state index contributed by atoms with van der Waals surface area (Å²) in [7, 11) is 0. The van der Waals surface area contributed by atoms with Crippen LogP contribution in [-0.2, 0) is 9.53 Å². The van der Waals surface area contributed by atoms with Gasteiger partial charge in [0.15, 0.2) is 11.5 Å². The Kier molecular flexibility index (Phi) is 4.87. The highest BCUT2D eigenvalue weighted by Gasteiger charge is 2.61. The number of ether oxygens (including phenoxy) is 4. The Morgan fingerprint density at radius 1 is 1.28 bits per heavy atom. The SMILES string of the molecule is CC(C)=C[C@H]1[C@@H](C(=O)OCCOc2cc3c(cc2Cl)OCO3)C1(C)C. The molecule has 1 fully saturated rings. The van der Waals surface area contributed by atoms with Crippen LogP contribution in [0.15, 0.2) is 23.8 Å². The Labute approximate surface area is 152 Å². The number of benzene rings is 1. The lowest BCUT2D eigenvalue weighted by molar-refractivity contribution is -0.146. The highest BCUT2D eigenvalue weighted by Crippen LogP contribution is 2.59. The number of allylic oxidation sites excluding steroid dienone is 2. The van der Waals surface area contributed by atoms with E-state index in [9.17, 15) is 4.79 Å². The molecule has 0 bridgehead atoms. The number of esters is 1. The summed E-state index contributed by atoms with van der Waals surface area (Å²) in [4.78, 5) is 12.3. The zero-order valence-electron chi connectivity index (χ0n) is 14.9. The summed E-state index contributed by atoms with van der Waals surface area (Å²) in [5.74, 6) is 1.67. The van der Waals surface area contributed by atoms with E-state index in [1.807, 2.05) is 13.8 Å². The number of hydrogen-bond acceptors (Lipinski definition) is 5. The molecule has 1 heterocycles. The minimum absolute atomic E-state index is 0.0458. The van der Waals surface area contributed by atoms with Crippen LogP contribution in [0.2, 0.25) is 5.02 Å². The van der Waals surface area contributed by atoms with Gasteiger partial charge in [-0.1, -0.05) is 37.1 Å². The normalized spacial score (nSPS) is 22.3. The van der Waals surface area contributed by atoms with Crippen molar-refractivity contribution in [1.29, 1.82) is 0 Å². The first-order chi connectivity index (χ1) is 11.8. The fourth-order valence-electron chi connectivity index (χ4n) is 3.19. The Balaban J connectivity index is 1.48. The molecule has 2 aliphatic rings. The Hall–Kier alpha value is -1.88. The van der Waals surface area contributed by atoms with Crippen LogP contribution in [-0.4, -0.2) is 26.0 Å². The minimum atomic E-state index is -0.173. The second kappa shape index (κ2) is 6.79. The van der Waals surface area contributed by atoms with Gasteiger partial charge in [0.1, 0.15) is 19.0 Å². The first-order valence-electron chi connectivity index (χ1n) is 8.34. The highest BCUT2D eigenvalue weighted by atomic mass is 35.5.